The van der Waals surface area contributed by atoms with Crippen molar-refractivity contribution in [1.29, 1.82) is 0 Å². The molecular formula is C25H41N7O5S. The van der Waals surface area contributed by atoms with E-state index >= 15 is 0 Å². The van der Waals surface area contributed by atoms with Gasteiger partial charge >= 0.3 is 5.97 Å². The lowest BCUT2D eigenvalue weighted by atomic mass is 10.0. The second kappa shape index (κ2) is 17.2. The molecule has 0 aromatic heterocycles. The molecule has 0 fully saturated rings. The SMILES string of the molecule is CSCC[C@H](NC(=O)[C@@H](NC(=O)[C@H](CCCN=C(N)N)NC(=O)[C@@H](N)Cc1ccccc1)C(C)C)C(=O)O. The molecule has 0 bridgehead atoms. The summed E-state index contributed by atoms with van der Waals surface area (Å²) >= 11 is 1.46. The van der Waals surface area contributed by atoms with Crippen LogP contribution in [0.15, 0.2) is 35.3 Å². The molecule has 0 aliphatic rings. The molecule has 1 aromatic rings. The van der Waals surface area contributed by atoms with Crippen LogP contribution in [0.2, 0.25) is 0 Å². The van der Waals surface area contributed by atoms with Gasteiger partial charge in [-0.25, -0.2) is 4.79 Å². The van der Waals surface area contributed by atoms with E-state index in [0.29, 0.717) is 12.2 Å². The van der Waals surface area contributed by atoms with E-state index in [0.717, 1.165) is 5.56 Å². The fourth-order valence-corrected chi connectivity index (χ4v) is 4.03. The number of amides is 3. The van der Waals surface area contributed by atoms with Crippen molar-refractivity contribution in [3.8, 4) is 0 Å². The van der Waals surface area contributed by atoms with Crippen molar-refractivity contribution in [3.63, 3.8) is 0 Å². The number of hydrogen-bond acceptors (Lipinski definition) is 7. The van der Waals surface area contributed by atoms with Gasteiger partial charge in [0, 0.05) is 6.54 Å². The predicted molar refractivity (Wildman–Crippen MR) is 149 cm³/mol. The summed E-state index contributed by atoms with van der Waals surface area (Å²) in [7, 11) is 0. The second-order valence-electron chi connectivity index (χ2n) is 9.22. The van der Waals surface area contributed by atoms with Gasteiger partial charge in [0.05, 0.1) is 6.04 Å². The Morgan fingerprint density at radius 1 is 0.947 bits per heavy atom. The smallest absolute Gasteiger partial charge is 0.326 e. The number of nitrogens with zero attached hydrogens (tertiary/aromatic N) is 1. The fraction of sp³-hybridized carbons (Fsp3) is 0.560. The van der Waals surface area contributed by atoms with Gasteiger partial charge in [-0.1, -0.05) is 44.2 Å². The van der Waals surface area contributed by atoms with Crippen molar-refractivity contribution in [3.05, 3.63) is 35.9 Å². The van der Waals surface area contributed by atoms with Crippen molar-refractivity contribution in [1.82, 2.24) is 16.0 Å². The third kappa shape index (κ3) is 12.3. The fourth-order valence-electron chi connectivity index (χ4n) is 3.56. The maximum atomic E-state index is 13.2. The zero-order valence-electron chi connectivity index (χ0n) is 22.2. The first kappa shape index (κ1) is 32.7. The van der Waals surface area contributed by atoms with E-state index in [1.54, 1.807) is 13.8 Å². The Morgan fingerprint density at radius 2 is 1.58 bits per heavy atom. The Hall–Kier alpha value is -3.32. The molecule has 12 nitrogen and oxygen atoms in total. The van der Waals surface area contributed by atoms with Gasteiger partial charge in [0.2, 0.25) is 17.7 Å². The Labute approximate surface area is 227 Å². The van der Waals surface area contributed by atoms with Gasteiger partial charge in [0.25, 0.3) is 0 Å². The molecule has 0 heterocycles. The molecule has 13 heteroatoms. The highest BCUT2D eigenvalue weighted by Crippen LogP contribution is 2.09. The van der Waals surface area contributed by atoms with Crippen molar-refractivity contribution >= 4 is 41.4 Å². The van der Waals surface area contributed by atoms with Gasteiger partial charge in [0.15, 0.2) is 5.96 Å². The molecule has 38 heavy (non-hydrogen) atoms. The molecule has 212 valence electrons. The minimum Gasteiger partial charge on any atom is -0.480 e. The van der Waals surface area contributed by atoms with Gasteiger partial charge in [-0.15, -0.1) is 0 Å². The van der Waals surface area contributed by atoms with E-state index in [4.69, 9.17) is 17.2 Å². The number of thioether (sulfide) groups is 1. The third-order valence-electron chi connectivity index (χ3n) is 5.69. The monoisotopic (exact) mass is 551 g/mol. The van der Waals surface area contributed by atoms with E-state index < -0.39 is 47.9 Å². The van der Waals surface area contributed by atoms with Gasteiger partial charge in [-0.2, -0.15) is 11.8 Å². The Kier molecular flexibility index (Phi) is 14.8. The summed E-state index contributed by atoms with van der Waals surface area (Å²) in [6.45, 7) is 3.69. The molecule has 4 atom stereocenters. The van der Waals surface area contributed by atoms with Crippen LogP contribution in [0.1, 0.15) is 38.7 Å². The van der Waals surface area contributed by atoms with Crippen LogP contribution < -0.4 is 33.2 Å². The summed E-state index contributed by atoms with van der Waals surface area (Å²) in [4.78, 5) is 54.5. The van der Waals surface area contributed by atoms with Crippen LogP contribution in [0.25, 0.3) is 0 Å². The van der Waals surface area contributed by atoms with Gasteiger partial charge in [-0.05, 0) is 49.2 Å². The van der Waals surface area contributed by atoms with Crippen LogP contribution in [0.5, 0.6) is 0 Å². The minimum atomic E-state index is -1.15. The number of carboxylic acid groups (broad SMARTS) is 1. The Balaban J connectivity index is 2.97. The molecule has 0 aliphatic carbocycles. The summed E-state index contributed by atoms with van der Waals surface area (Å²) in [6, 6.07) is 5.22. The first-order valence-electron chi connectivity index (χ1n) is 12.4. The van der Waals surface area contributed by atoms with Gasteiger partial charge in [0.1, 0.15) is 18.1 Å². The molecule has 0 spiro atoms. The van der Waals surface area contributed by atoms with Crippen LogP contribution in [-0.4, -0.2) is 77.5 Å². The number of rotatable bonds is 17. The van der Waals surface area contributed by atoms with Gasteiger partial charge < -0.3 is 38.3 Å². The summed E-state index contributed by atoms with van der Waals surface area (Å²) in [5.41, 5.74) is 17.7. The number of aliphatic carboxylic acids is 1. The number of carbonyl (C=O) groups excluding carboxylic acids is 3. The highest BCUT2D eigenvalue weighted by atomic mass is 32.2. The first-order valence-corrected chi connectivity index (χ1v) is 13.8. The molecule has 0 saturated heterocycles. The second-order valence-corrected chi connectivity index (χ2v) is 10.2. The molecule has 1 aromatic carbocycles. The molecule has 1 rings (SSSR count). The number of guanidine groups is 1. The zero-order valence-corrected chi connectivity index (χ0v) is 23.0. The van der Waals surface area contributed by atoms with Crippen molar-refractivity contribution in [2.45, 2.75) is 63.7 Å². The quantitative estimate of drug-likeness (QED) is 0.0757. The number of hydrogen-bond donors (Lipinski definition) is 7. The largest absolute Gasteiger partial charge is 0.480 e. The first-order chi connectivity index (χ1) is 18.0. The molecule has 0 saturated carbocycles. The van der Waals surface area contributed by atoms with E-state index in [2.05, 4.69) is 20.9 Å². The van der Waals surface area contributed by atoms with Crippen molar-refractivity contribution < 1.29 is 24.3 Å². The van der Waals surface area contributed by atoms with Crippen molar-refractivity contribution in [2.75, 3.05) is 18.6 Å². The Morgan fingerprint density at radius 3 is 2.13 bits per heavy atom. The zero-order chi connectivity index (χ0) is 28.7. The lowest BCUT2D eigenvalue weighted by molar-refractivity contribution is -0.142. The number of nitrogens with one attached hydrogen (secondary N) is 3. The van der Waals surface area contributed by atoms with E-state index in [-0.39, 0.29) is 37.7 Å². The summed E-state index contributed by atoms with van der Waals surface area (Å²) in [5.74, 6) is -2.79. The number of aliphatic imine (C=N–C) groups is 1. The molecule has 0 aliphatic heterocycles. The molecule has 0 unspecified atom stereocenters. The maximum Gasteiger partial charge on any atom is 0.326 e. The number of nitrogens with two attached hydrogens (primary N) is 3. The number of carboxylic acids is 1. The van der Waals surface area contributed by atoms with Crippen LogP contribution in [0.3, 0.4) is 0 Å². The van der Waals surface area contributed by atoms with E-state index in [1.165, 1.54) is 11.8 Å². The Bertz CT molecular complexity index is 941. The van der Waals surface area contributed by atoms with Gasteiger partial charge in [-0.3, -0.25) is 19.4 Å². The lowest BCUT2D eigenvalue weighted by Gasteiger charge is -2.27. The molecule has 0 radical (unpaired) electrons. The van der Waals surface area contributed by atoms with E-state index in [9.17, 15) is 24.3 Å². The summed E-state index contributed by atoms with van der Waals surface area (Å²) in [6.07, 6.45) is 2.91. The predicted octanol–water partition coefficient (Wildman–Crippen LogP) is -0.442. The minimum absolute atomic E-state index is 0.0917. The van der Waals surface area contributed by atoms with Crippen LogP contribution >= 0.6 is 11.8 Å². The summed E-state index contributed by atoms with van der Waals surface area (Å²) < 4.78 is 0. The number of benzene rings is 1. The molecule has 3 amide bonds. The number of carbonyl (C=O) groups is 4. The standard InChI is InChI=1S/C25H41N7O5S/c1-15(2)20(23(35)31-19(24(36)37)11-13-38-3)32-22(34)18(10-7-12-29-25(27)28)30-21(33)17(26)14-16-8-5-4-6-9-16/h4-6,8-9,15,17-20H,7,10-14,26H2,1-3H3,(H,30,33)(H,31,35)(H,32,34)(H,36,37)(H4,27,28,29)/t17-,18-,19-,20-/m0/s1. The maximum absolute atomic E-state index is 13.2. The summed E-state index contributed by atoms with van der Waals surface area (Å²) in [5, 5.41) is 17.3. The highest BCUT2D eigenvalue weighted by molar-refractivity contribution is 7.98. The lowest BCUT2D eigenvalue weighted by Crippen LogP contribution is -2.58. The average molecular weight is 552 g/mol. The van der Waals surface area contributed by atoms with Crippen molar-refractivity contribution in [2.24, 2.45) is 28.1 Å². The van der Waals surface area contributed by atoms with Crippen LogP contribution in [0.4, 0.5) is 0 Å². The highest BCUT2D eigenvalue weighted by Gasteiger charge is 2.31. The molecule has 10 N–H and O–H groups in total. The normalized spacial score (nSPS) is 14.0. The van der Waals surface area contributed by atoms with E-state index in [1.807, 2.05) is 36.6 Å². The topological polar surface area (TPSA) is 215 Å². The third-order valence-corrected chi connectivity index (χ3v) is 6.33. The molecular weight excluding hydrogens is 510 g/mol. The van der Waals surface area contributed by atoms with Crippen LogP contribution in [0, 0.1) is 5.92 Å². The van der Waals surface area contributed by atoms with Crippen LogP contribution in [-0.2, 0) is 25.6 Å². The average Bonchev–Trinajstić information content (AvgIpc) is 2.86.